The molecule has 0 aliphatic carbocycles. The molecule has 91 heavy (non-hydrogen) atoms. The van der Waals surface area contributed by atoms with E-state index in [0.29, 0.717) is 0 Å². The minimum Gasteiger partial charge on any atom is 0 e. The van der Waals surface area contributed by atoms with E-state index in [-0.39, 0.29) is 0 Å². The number of rotatable bonds is 0. The summed E-state index contributed by atoms with van der Waals surface area (Å²) in [4.78, 5) is 0. The fraction of sp³-hybridized carbons (Fsp3) is 0. The van der Waals surface area contributed by atoms with Crippen molar-refractivity contribution in [3.8, 4) is 0 Å². The van der Waals surface area contributed by atoms with Crippen molar-refractivity contribution in [2.24, 2.45) is 0 Å². The van der Waals surface area contributed by atoms with E-state index in [4.69, 9.17) is 22.4 Å². The second-order valence-corrected chi connectivity index (χ2v) is 164. The smallest absolute Gasteiger partial charge is 0 e. The molecule has 0 aliphatic heterocycles. The van der Waals surface area contributed by atoms with Crippen molar-refractivity contribution in [2.75, 3.05) is 0 Å². The summed E-state index contributed by atoms with van der Waals surface area (Å²) in [5.41, 5.74) is 0. The summed E-state index contributed by atoms with van der Waals surface area (Å²) in [6.07, 6.45) is 0. The van der Waals surface area contributed by atoms with E-state index in [1.165, 1.54) is 17.8 Å². The largest absolute Gasteiger partial charge is 0 e. The third-order valence-electron chi connectivity index (χ3n) is 2.44. The highest BCUT2D eigenvalue weighted by atomic mass is 33.6. The average Bonchev–Trinajstić information content (AvgIpc) is 3.56. The van der Waals surface area contributed by atoms with Crippen molar-refractivity contribution in [1.29, 1.82) is 0 Å². The number of hydrogen-bond donors (Lipinski definition) is 0. The summed E-state index contributed by atoms with van der Waals surface area (Å²) in [5, 5.41) is 0. The van der Waals surface area contributed by atoms with Crippen molar-refractivity contribution in [3.05, 3.63) is 0 Å². The fourth-order valence-electron chi connectivity index (χ4n) is 0.987. The predicted molar refractivity (Wildman–Crippen MR) is 670 cm³/mol. The van der Waals surface area contributed by atoms with E-state index in [1.54, 1.807) is 107 Å². The van der Waals surface area contributed by atoms with Gasteiger partial charge in [-0.2, -0.15) is 0 Å². The maximum Gasteiger partial charge on any atom is 0 e. The lowest BCUT2D eigenvalue weighted by atomic mass is 30.7. The van der Waals surface area contributed by atoms with Gasteiger partial charge >= 0.3 is 0 Å². The topological polar surface area (TPSA) is 0 Å². The van der Waals surface area contributed by atoms with Crippen LogP contribution in [0, 0.1) is 0 Å². The molecule has 0 aromatic carbocycles. The van der Waals surface area contributed by atoms with Crippen LogP contribution in [0.2, 0.25) is 0 Å². The average molecular weight is 2920 g/mol. The van der Waals surface area contributed by atoms with E-state index < -0.39 is 0 Å². The van der Waals surface area contributed by atoms with Crippen LogP contribution in [0.25, 0.3) is 0 Å². The molecule has 0 radical (unpaired) electrons. The zero-order valence-electron chi connectivity index (χ0n) is 37.2. The van der Waals surface area contributed by atoms with Gasteiger partial charge in [-0.15, -0.1) is 0 Å². The zero-order chi connectivity index (χ0) is 64.9. The molecule has 0 heterocycles. The van der Waals surface area contributed by atoms with Crippen LogP contribution in [0.3, 0.4) is 0 Å². The minimum absolute atomic E-state index is 1.37. The lowest BCUT2D eigenvalue weighted by molar-refractivity contribution is 5.95. The summed E-state index contributed by atoms with van der Waals surface area (Å²) < 4.78 is 0. The fourth-order valence-corrected chi connectivity index (χ4v) is 240. The Morgan fingerprint density at radius 1 is 0.0549 bits per heavy atom. The van der Waals surface area contributed by atoms with Crippen LogP contribution >= 0.6 is 0 Å². The molecule has 0 rings (SSSR count). The maximum absolute atomic E-state index is 4.83. The highest BCUT2D eigenvalue weighted by Crippen LogP contribution is 1.50. The van der Waals surface area contributed by atoms with Crippen LogP contribution in [0.15, 0.2) is 0 Å². The minimum atomic E-state index is 1.37. The van der Waals surface area contributed by atoms with Gasteiger partial charge in [-0.05, 0) is 0 Å². The van der Waals surface area contributed by atoms with E-state index in [2.05, 4.69) is 0 Å². The highest BCUT2D eigenvalue weighted by molar-refractivity contribution is 8.86. The summed E-state index contributed by atoms with van der Waals surface area (Å²) in [5.74, 6) is 0. The summed E-state index contributed by atoms with van der Waals surface area (Å²) >= 11 is 9.66. The molecular weight excluding hydrogens is 2920 g/mol. The van der Waals surface area contributed by atoms with E-state index in [1.807, 2.05) is 666 Å². The van der Waals surface area contributed by atoms with E-state index in [9.17, 15) is 0 Å². The van der Waals surface area contributed by atoms with Crippen molar-refractivity contribution < 1.29 is 0 Å². The Hall–Kier alpha value is 20.0. The molecule has 0 nitrogen and oxygen atoms in total. The Morgan fingerprint density at radius 2 is 0.0879 bits per heavy atom. The van der Waals surface area contributed by atoms with Gasteiger partial charge in [-0.3, -0.25) is 0 Å². The highest BCUT2D eigenvalue weighted by Gasteiger charge is 1.50. The molecule has 0 aromatic rings. The molecule has 0 aliphatic rings. The third-order valence-corrected chi connectivity index (χ3v) is 198. The van der Waals surface area contributed by atoms with Gasteiger partial charge in [0.1, 0.15) is 0 Å². The van der Waals surface area contributed by atoms with Gasteiger partial charge in [0.2, 0.25) is 0 Å². The van der Waals surface area contributed by atoms with Gasteiger partial charge in [0.25, 0.3) is 0 Å². The molecule has 546 valence electrons. The van der Waals surface area contributed by atoms with Crippen molar-refractivity contribution in [1.82, 2.24) is 0 Å². The first-order chi connectivity index (χ1) is 45.4. The zero-order valence-corrected chi connectivity index (χ0v) is 111. The van der Waals surface area contributed by atoms with Gasteiger partial charge < -0.3 is 0 Å². The molecule has 0 atom stereocenters. The lowest BCUT2D eigenvalue weighted by Gasteiger charge is -1.41. The summed E-state index contributed by atoms with van der Waals surface area (Å²) in [6, 6.07) is 0. The molecule has 0 amide bonds. The second-order valence-electron chi connectivity index (χ2n) is 6.06. The Morgan fingerprint density at radius 3 is 0.121 bits per heavy atom. The Balaban J connectivity index is 6.17. The molecule has 0 saturated heterocycles. The number of hydrogen-bond acceptors (Lipinski definition) is 2. The quantitative estimate of drug-likeness (QED) is 0.330. The first kappa shape index (κ1) is 111. The molecule has 0 aromatic heterocycles. The first-order valence-electron chi connectivity index (χ1n) is 15.0. The molecule has 0 fully saturated rings. The van der Waals surface area contributed by atoms with Crippen molar-refractivity contribution in [2.45, 2.75) is 0 Å². The molecule has 0 bridgehead atoms. The standard InChI is InChI=1S/S91/c1-3-5-7-9-11-13-15-17-19-21-23-25-27-29-31-33-35-37-39-41-43-45-47-49-51-53-55-57-59-61-63-65-67-69-71-73-75-77-79-81-83-85-87-89-91-90-88-86-84-82-80-78-76-74-72-70-68-66-64-62-60-58-56-54-52-50-48-46-44-42-40-38-36-34-32-30-28-26-24-22-20-18-16-14-12-10-8-6-4-2. The monoisotopic (exact) mass is 2910 g/mol. The molecule has 0 spiro atoms. The van der Waals surface area contributed by atoms with Crippen LogP contribution in [-0.2, 0) is 813 Å². The Kier molecular flexibility index (Phi) is 134. The molecule has 0 unspecified atom stereocenters. The summed E-state index contributed by atoms with van der Waals surface area (Å²) in [7, 11) is 161. The SMILES string of the molecule is S=S=S=S=S=S=S=S=S=S=S=S=S=S=S=S=S=S=S=S=S=S=S=S=S=S=S=S=S=S=S=S=S=S=S=S=S=S=S=S=S=S=S=S=S=S=S=S=S=S=S=S=S=S=S=S=S=S=S=S=S=S=S=S=S=S=S=S=S=S=S=S=S=S=S=S=S=S=S=S=S=S=S=S=S=S=S=S=S=S=S. The van der Waals surface area contributed by atoms with Gasteiger partial charge in [0.05, 0.1) is 0 Å². The third kappa shape index (κ3) is 110. The molecule has 91 heteroatoms. The van der Waals surface area contributed by atoms with Crippen molar-refractivity contribution >= 4 is 813 Å². The van der Waals surface area contributed by atoms with Crippen LogP contribution in [-0.4, -0.2) is 0 Å². The predicted octanol–water partition coefficient (Wildman–Crippen LogP) is -0.218. The van der Waals surface area contributed by atoms with Gasteiger partial charge in [0.15, 0.2) is 0 Å². The maximum atomic E-state index is 4.83. The lowest BCUT2D eigenvalue weighted by Crippen LogP contribution is -1.41. The molecular formula is S91. The Bertz CT molecular complexity index is 6700. The van der Waals surface area contributed by atoms with E-state index >= 15 is 0 Å². The van der Waals surface area contributed by atoms with Crippen LogP contribution in [0.5, 0.6) is 0 Å². The van der Waals surface area contributed by atoms with Gasteiger partial charge in [-0.25, -0.2) is 0 Å². The van der Waals surface area contributed by atoms with Crippen LogP contribution < -0.4 is 0 Å². The Labute approximate surface area is 787 Å². The second kappa shape index (κ2) is 110. The van der Waals surface area contributed by atoms with Crippen LogP contribution in [0.1, 0.15) is 0 Å². The molecule has 0 N–H and O–H groups in total. The van der Waals surface area contributed by atoms with Gasteiger partial charge in [0, 0.05) is 813 Å². The molecule has 0 saturated carbocycles. The first-order valence-corrected chi connectivity index (χ1v) is 135. The van der Waals surface area contributed by atoms with Gasteiger partial charge in [-0.1, -0.05) is 0 Å². The van der Waals surface area contributed by atoms with Crippen LogP contribution in [0.4, 0.5) is 0 Å². The summed E-state index contributed by atoms with van der Waals surface area (Å²) in [6.45, 7) is 0. The van der Waals surface area contributed by atoms with E-state index in [0.717, 1.165) is 0 Å². The van der Waals surface area contributed by atoms with Crippen molar-refractivity contribution in [3.63, 3.8) is 0 Å². The normalized spacial score (nSPS) is 7.87.